The highest BCUT2D eigenvalue weighted by atomic mass is 19.4. The molecule has 0 aliphatic heterocycles. The highest BCUT2D eigenvalue weighted by molar-refractivity contribution is 4.89. The van der Waals surface area contributed by atoms with Crippen molar-refractivity contribution in [3.8, 4) is 12.3 Å². The molecule has 0 aliphatic carbocycles. The average Bonchev–Trinajstić information content (AvgIpc) is 2.00. The Balaban J connectivity index is 3.76. The summed E-state index contributed by atoms with van der Waals surface area (Å²) in [6, 6.07) is -0.211. The first-order valence-electron chi connectivity index (χ1n) is 4.23. The van der Waals surface area contributed by atoms with E-state index >= 15 is 0 Å². The van der Waals surface area contributed by atoms with Crippen molar-refractivity contribution < 1.29 is 13.2 Å². The molecule has 0 heterocycles. The second kappa shape index (κ2) is 5.87. The second-order valence-electron chi connectivity index (χ2n) is 2.82. The fourth-order valence-corrected chi connectivity index (χ4v) is 1.05. The van der Waals surface area contributed by atoms with Crippen molar-refractivity contribution in [2.45, 2.75) is 38.4 Å². The summed E-state index contributed by atoms with van der Waals surface area (Å²) in [6.07, 6.45) is 0.583. The number of rotatable bonds is 5. The molecule has 0 aliphatic rings. The maximum Gasteiger partial charge on any atom is 0.389 e. The standard InChI is InChI=1S/C9H14F3N/c1-3-5-8(13-4-2)6-7-9(10,11)12/h1,8,13H,4-7H2,2H3. The van der Waals surface area contributed by atoms with Crippen LogP contribution in [-0.2, 0) is 0 Å². The highest BCUT2D eigenvalue weighted by Crippen LogP contribution is 2.22. The summed E-state index contributed by atoms with van der Waals surface area (Å²) in [5.74, 6) is 2.36. The molecule has 0 bridgehead atoms. The molecule has 13 heavy (non-hydrogen) atoms. The number of hydrogen-bond acceptors (Lipinski definition) is 1. The normalized spacial score (nSPS) is 13.8. The van der Waals surface area contributed by atoms with E-state index in [1.54, 1.807) is 0 Å². The lowest BCUT2D eigenvalue weighted by Gasteiger charge is -2.15. The summed E-state index contributed by atoms with van der Waals surface area (Å²) in [5.41, 5.74) is 0. The van der Waals surface area contributed by atoms with Crippen LogP contribution >= 0.6 is 0 Å². The fraction of sp³-hybridized carbons (Fsp3) is 0.778. The van der Waals surface area contributed by atoms with Crippen molar-refractivity contribution in [2.75, 3.05) is 6.54 Å². The van der Waals surface area contributed by atoms with Gasteiger partial charge in [-0.15, -0.1) is 12.3 Å². The summed E-state index contributed by atoms with van der Waals surface area (Å²) in [4.78, 5) is 0. The van der Waals surface area contributed by atoms with E-state index in [4.69, 9.17) is 6.42 Å². The Hall–Kier alpha value is -0.690. The number of terminal acetylenes is 1. The lowest BCUT2D eigenvalue weighted by molar-refractivity contribution is -0.136. The van der Waals surface area contributed by atoms with Crippen LogP contribution in [0.3, 0.4) is 0 Å². The van der Waals surface area contributed by atoms with Gasteiger partial charge in [0.25, 0.3) is 0 Å². The molecule has 1 nitrogen and oxygen atoms in total. The van der Waals surface area contributed by atoms with Gasteiger partial charge in [-0.25, -0.2) is 0 Å². The summed E-state index contributed by atoms with van der Waals surface area (Å²) in [6.45, 7) is 2.49. The van der Waals surface area contributed by atoms with Gasteiger partial charge in [-0.1, -0.05) is 6.92 Å². The Kier molecular flexibility index (Phi) is 5.56. The fourth-order valence-electron chi connectivity index (χ4n) is 1.05. The summed E-state index contributed by atoms with van der Waals surface area (Å²) in [7, 11) is 0. The molecule has 0 saturated heterocycles. The molecule has 0 radical (unpaired) electrons. The second-order valence-corrected chi connectivity index (χ2v) is 2.82. The Morgan fingerprint density at radius 1 is 1.46 bits per heavy atom. The Morgan fingerprint density at radius 3 is 2.46 bits per heavy atom. The minimum absolute atomic E-state index is 0.0571. The van der Waals surface area contributed by atoms with E-state index in [2.05, 4.69) is 11.2 Å². The Bertz CT molecular complexity index is 169. The maximum absolute atomic E-state index is 11.8. The molecule has 0 amide bonds. The molecule has 4 heteroatoms. The molecular formula is C9H14F3N. The number of halogens is 3. The van der Waals surface area contributed by atoms with Crippen LogP contribution in [0, 0.1) is 12.3 Å². The molecule has 1 N–H and O–H groups in total. The van der Waals surface area contributed by atoms with Crippen LogP contribution in [0.4, 0.5) is 13.2 Å². The first-order valence-corrected chi connectivity index (χ1v) is 4.23. The van der Waals surface area contributed by atoms with Crippen LogP contribution in [0.2, 0.25) is 0 Å². The topological polar surface area (TPSA) is 12.0 Å². The molecule has 1 unspecified atom stereocenters. The van der Waals surface area contributed by atoms with Crippen molar-refractivity contribution in [1.29, 1.82) is 0 Å². The monoisotopic (exact) mass is 193 g/mol. The van der Waals surface area contributed by atoms with Gasteiger partial charge >= 0.3 is 6.18 Å². The van der Waals surface area contributed by atoms with Crippen molar-refractivity contribution >= 4 is 0 Å². The highest BCUT2D eigenvalue weighted by Gasteiger charge is 2.27. The third-order valence-corrected chi connectivity index (χ3v) is 1.63. The smallest absolute Gasteiger partial charge is 0.313 e. The summed E-state index contributed by atoms with van der Waals surface area (Å²) >= 11 is 0. The molecule has 0 aromatic rings. The van der Waals surface area contributed by atoms with Crippen LogP contribution in [-0.4, -0.2) is 18.8 Å². The third kappa shape index (κ3) is 7.66. The Morgan fingerprint density at radius 2 is 2.08 bits per heavy atom. The average molecular weight is 193 g/mol. The molecule has 76 valence electrons. The molecule has 1 atom stereocenters. The summed E-state index contributed by atoms with van der Waals surface area (Å²) in [5, 5.41) is 2.91. The van der Waals surface area contributed by atoms with Gasteiger partial charge in [0.2, 0.25) is 0 Å². The quantitative estimate of drug-likeness (QED) is 0.661. The van der Waals surface area contributed by atoms with Crippen molar-refractivity contribution in [3.05, 3.63) is 0 Å². The molecule has 0 fully saturated rings. The molecule has 0 aromatic heterocycles. The lowest BCUT2D eigenvalue weighted by atomic mass is 10.1. The van der Waals surface area contributed by atoms with Gasteiger partial charge < -0.3 is 5.32 Å². The maximum atomic E-state index is 11.8. The third-order valence-electron chi connectivity index (χ3n) is 1.63. The van der Waals surface area contributed by atoms with E-state index in [0.717, 1.165) is 0 Å². The number of alkyl halides is 3. The van der Waals surface area contributed by atoms with Crippen molar-refractivity contribution in [2.24, 2.45) is 0 Å². The molecule has 0 saturated carbocycles. The van der Waals surface area contributed by atoms with Crippen LogP contribution in [0.15, 0.2) is 0 Å². The molecular weight excluding hydrogens is 179 g/mol. The van der Waals surface area contributed by atoms with Gasteiger partial charge in [-0.05, 0) is 13.0 Å². The van der Waals surface area contributed by atoms with Crippen molar-refractivity contribution in [1.82, 2.24) is 5.32 Å². The van der Waals surface area contributed by atoms with E-state index in [1.165, 1.54) is 0 Å². The van der Waals surface area contributed by atoms with Gasteiger partial charge in [0.1, 0.15) is 0 Å². The zero-order valence-corrected chi connectivity index (χ0v) is 7.62. The van der Waals surface area contributed by atoms with Gasteiger partial charge in [0.05, 0.1) is 0 Å². The molecule has 0 aromatic carbocycles. The Labute approximate surface area is 76.7 Å². The minimum atomic E-state index is -4.08. The van der Waals surface area contributed by atoms with Gasteiger partial charge in [0.15, 0.2) is 0 Å². The van der Waals surface area contributed by atoms with Crippen molar-refractivity contribution in [3.63, 3.8) is 0 Å². The zero-order valence-electron chi connectivity index (χ0n) is 7.62. The van der Waals surface area contributed by atoms with E-state index < -0.39 is 12.6 Å². The van der Waals surface area contributed by atoms with Crippen LogP contribution in [0.5, 0.6) is 0 Å². The molecule has 0 rings (SSSR count). The van der Waals surface area contributed by atoms with E-state index in [-0.39, 0.29) is 12.5 Å². The number of hydrogen-bond donors (Lipinski definition) is 1. The number of nitrogens with one attached hydrogen (secondary N) is 1. The van der Waals surface area contributed by atoms with E-state index in [0.29, 0.717) is 13.0 Å². The van der Waals surface area contributed by atoms with E-state index in [9.17, 15) is 13.2 Å². The first kappa shape index (κ1) is 12.3. The lowest BCUT2D eigenvalue weighted by Crippen LogP contribution is -2.29. The summed E-state index contributed by atoms with van der Waals surface area (Å²) < 4.78 is 35.5. The SMILES string of the molecule is C#CCC(CCC(F)(F)F)NCC. The molecule has 0 spiro atoms. The van der Waals surface area contributed by atoms with Gasteiger partial charge in [0, 0.05) is 18.9 Å². The largest absolute Gasteiger partial charge is 0.389 e. The van der Waals surface area contributed by atoms with Gasteiger partial charge in [-0.3, -0.25) is 0 Å². The zero-order chi connectivity index (χ0) is 10.3. The van der Waals surface area contributed by atoms with Crippen LogP contribution in [0.25, 0.3) is 0 Å². The predicted molar refractivity (Wildman–Crippen MR) is 46.2 cm³/mol. The van der Waals surface area contributed by atoms with E-state index in [1.807, 2.05) is 6.92 Å². The van der Waals surface area contributed by atoms with Gasteiger partial charge in [-0.2, -0.15) is 13.2 Å². The predicted octanol–water partition coefficient (Wildman–Crippen LogP) is 2.33. The van der Waals surface area contributed by atoms with Crippen LogP contribution in [0.1, 0.15) is 26.2 Å². The minimum Gasteiger partial charge on any atom is -0.313 e. The first-order chi connectivity index (χ1) is 5.99. The van der Waals surface area contributed by atoms with Crippen LogP contribution < -0.4 is 5.32 Å².